The van der Waals surface area contributed by atoms with Gasteiger partial charge in [0.05, 0.1) is 13.2 Å². The molecular weight excluding hydrogens is 257 g/mol. The van der Waals surface area contributed by atoms with Gasteiger partial charge in [-0.2, -0.15) is 0 Å². The molecule has 2 aromatic rings. The van der Waals surface area contributed by atoms with E-state index in [0.717, 1.165) is 16.9 Å². The first-order chi connectivity index (χ1) is 9.69. The predicted molar refractivity (Wildman–Crippen MR) is 76.1 cm³/mol. The van der Waals surface area contributed by atoms with Crippen molar-refractivity contribution >= 4 is 0 Å². The SMILES string of the molecule is COc1ccc(C(O)CNCc2cccc(F)c2)cc1. The molecule has 1 atom stereocenters. The quantitative estimate of drug-likeness (QED) is 0.851. The van der Waals surface area contributed by atoms with Crippen LogP contribution in [0, 0.1) is 5.82 Å². The Labute approximate surface area is 118 Å². The van der Waals surface area contributed by atoms with E-state index < -0.39 is 6.10 Å². The molecule has 0 fully saturated rings. The van der Waals surface area contributed by atoms with Crippen molar-refractivity contribution in [1.82, 2.24) is 5.32 Å². The van der Waals surface area contributed by atoms with Crippen molar-refractivity contribution < 1.29 is 14.2 Å². The molecule has 2 N–H and O–H groups in total. The van der Waals surface area contributed by atoms with Crippen molar-refractivity contribution in [2.75, 3.05) is 13.7 Å². The monoisotopic (exact) mass is 275 g/mol. The average molecular weight is 275 g/mol. The molecule has 0 amide bonds. The van der Waals surface area contributed by atoms with Crippen LogP contribution in [0.5, 0.6) is 5.75 Å². The van der Waals surface area contributed by atoms with Gasteiger partial charge in [-0.05, 0) is 35.4 Å². The summed E-state index contributed by atoms with van der Waals surface area (Å²) in [4.78, 5) is 0. The number of halogens is 1. The van der Waals surface area contributed by atoms with Gasteiger partial charge >= 0.3 is 0 Å². The summed E-state index contributed by atoms with van der Waals surface area (Å²) in [6, 6.07) is 13.7. The minimum Gasteiger partial charge on any atom is -0.497 e. The second-order valence-electron chi connectivity index (χ2n) is 4.55. The zero-order valence-corrected chi connectivity index (χ0v) is 11.3. The predicted octanol–water partition coefficient (Wildman–Crippen LogP) is 2.66. The van der Waals surface area contributed by atoms with Gasteiger partial charge in [0.25, 0.3) is 0 Å². The van der Waals surface area contributed by atoms with E-state index in [1.807, 2.05) is 30.3 Å². The number of aliphatic hydroxyl groups excluding tert-OH is 1. The highest BCUT2D eigenvalue weighted by molar-refractivity contribution is 5.28. The van der Waals surface area contributed by atoms with Crippen LogP contribution in [0.3, 0.4) is 0 Å². The van der Waals surface area contributed by atoms with Gasteiger partial charge < -0.3 is 15.2 Å². The molecule has 0 bridgehead atoms. The molecule has 0 saturated heterocycles. The lowest BCUT2D eigenvalue weighted by atomic mass is 10.1. The second kappa shape index (κ2) is 7.03. The molecule has 0 aliphatic carbocycles. The third-order valence-corrected chi connectivity index (χ3v) is 3.06. The summed E-state index contributed by atoms with van der Waals surface area (Å²) in [5.41, 5.74) is 1.67. The van der Waals surface area contributed by atoms with E-state index >= 15 is 0 Å². The zero-order valence-electron chi connectivity index (χ0n) is 11.3. The molecule has 3 nitrogen and oxygen atoms in total. The maximum atomic E-state index is 13.0. The molecule has 20 heavy (non-hydrogen) atoms. The standard InChI is InChI=1S/C16H18FNO2/c1-20-15-7-5-13(6-8-15)16(19)11-18-10-12-3-2-4-14(17)9-12/h2-9,16,18-19H,10-11H2,1H3. The molecule has 2 rings (SSSR count). The van der Waals surface area contributed by atoms with Crippen LogP contribution in [0.1, 0.15) is 17.2 Å². The zero-order chi connectivity index (χ0) is 14.4. The molecule has 0 heterocycles. The fourth-order valence-corrected chi connectivity index (χ4v) is 1.94. The van der Waals surface area contributed by atoms with Gasteiger partial charge in [-0.25, -0.2) is 4.39 Å². The van der Waals surface area contributed by atoms with Crippen LogP contribution in [-0.4, -0.2) is 18.8 Å². The summed E-state index contributed by atoms with van der Waals surface area (Å²) >= 11 is 0. The first kappa shape index (κ1) is 14.5. The molecule has 0 saturated carbocycles. The second-order valence-corrected chi connectivity index (χ2v) is 4.55. The number of nitrogens with one attached hydrogen (secondary N) is 1. The highest BCUT2D eigenvalue weighted by Crippen LogP contribution is 2.17. The number of aliphatic hydroxyl groups is 1. The fourth-order valence-electron chi connectivity index (χ4n) is 1.94. The Morgan fingerprint density at radius 3 is 2.60 bits per heavy atom. The summed E-state index contributed by atoms with van der Waals surface area (Å²) in [7, 11) is 1.60. The Kier molecular flexibility index (Phi) is 5.09. The Morgan fingerprint density at radius 1 is 1.20 bits per heavy atom. The minimum atomic E-state index is -0.602. The smallest absolute Gasteiger partial charge is 0.123 e. The van der Waals surface area contributed by atoms with Gasteiger partial charge in [0.1, 0.15) is 11.6 Å². The van der Waals surface area contributed by atoms with Crippen LogP contribution < -0.4 is 10.1 Å². The Hall–Kier alpha value is -1.91. The van der Waals surface area contributed by atoms with E-state index in [-0.39, 0.29) is 5.82 Å². The van der Waals surface area contributed by atoms with Crippen LogP contribution in [0.25, 0.3) is 0 Å². The summed E-state index contributed by atoms with van der Waals surface area (Å²) in [6.07, 6.45) is -0.602. The van der Waals surface area contributed by atoms with Gasteiger partial charge in [0.2, 0.25) is 0 Å². The van der Waals surface area contributed by atoms with E-state index in [1.54, 1.807) is 13.2 Å². The van der Waals surface area contributed by atoms with Gasteiger partial charge in [0, 0.05) is 13.1 Å². The molecule has 0 spiro atoms. The van der Waals surface area contributed by atoms with Crippen LogP contribution in [-0.2, 0) is 6.54 Å². The molecule has 2 aromatic carbocycles. The fraction of sp³-hybridized carbons (Fsp3) is 0.250. The van der Waals surface area contributed by atoms with Crippen LogP contribution >= 0.6 is 0 Å². The maximum Gasteiger partial charge on any atom is 0.123 e. The van der Waals surface area contributed by atoms with Crippen molar-refractivity contribution in [2.45, 2.75) is 12.6 Å². The van der Waals surface area contributed by atoms with Crippen LogP contribution in [0.15, 0.2) is 48.5 Å². The van der Waals surface area contributed by atoms with Crippen molar-refractivity contribution in [3.63, 3.8) is 0 Å². The van der Waals surface area contributed by atoms with E-state index in [4.69, 9.17) is 4.74 Å². The molecule has 0 aliphatic heterocycles. The number of hydrogen-bond acceptors (Lipinski definition) is 3. The lowest BCUT2D eigenvalue weighted by Gasteiger charge is -2.13. The first-order valence-electron chi connectivity index (χ1n) is 6.46. The van der Waals surface area contributed by atoms with Gasteiger partial charge in [-0.3, -0.25) is 0 Å². The molecule has 1 unspecified atom stereocenters. The lowest BCUT2D eigenvalue weighted by molar-refractivity contribution is 0.174. The molecule has 0 aliphatic rings. The molecule has 106 valence electrons. The van der Waals surface area contributed by atoms with Gasteiger partial charge in [0.15, 0.2) is 0 Å². The topological polar surface area (TPSA) is 41.5 Å². The Bertz CT molecular complexity index is 542. The summed E-state index contributed by atoms with van der Waals surface area (Å²) < 4.78 is 18.1. The number of ether oxygens (including phenoxy) is 1. The Morgan fingerprint density at radius 2 is 1.95 bits per heavy atom. The van der Waals surface area contributed by atoms with Crippen molar-refractivity contribution in [2.24, 2.45) is 0 Å². The van der Waals surface area contributed by atoms with Crippen LogP contribution in [0.4, 0.5) is 4.39 Å². The molecule has 4 heteroatoms. The third-order valence-electron chi connectivity index (χ3n) is 3.06. The van der Waals surface area contributed by atoms with Crippen molar-refractivity contribution in [1.29, 1.82) is 0 Å². The number of hydrogen-bond donors (Lipinski definition) is 2. The number of methoxy groups -OCH3 is 1. The third kappa shape index (κ3) is 4.05. The van der Waals surface area contributed by atoms with E-state index in [9.17, 15) is 9.50 Å². The lowest BCUT2D eigenvalue weighted by Crippen LogP contribution is -2.21. The molecule has 0 radical (unpaired) electrons. The number of rotatable bonds is 6. The van der Waals surface area contributed by atoms with Crippen LogP contribution in [0.2, 0.25) is 0 Å². The average Bonchev–Trinajstić information content (AvgIpc) is 2.47. The summed E-state index contributed by atoms with van der Waals surface area (Å²) in [5.74, 6) is 0.508. The van der Waals surface area contributed by atoms with Gasteiger partial charge in [-0.1, -0.05) is 24.3 Å². The highest BCUT2D eigenvalue weighted by Gasteiger charge is 2.07. The summed E-state index contributed by atoms with van der Waals surface area (Å²) in [6.45, 7) is 0.924. The largest absolute Gasteiger partial charge is 0.497 e. The Balaban J connectivity index is 1.83. The maximum absolute atomic E-state index is 13.0. The first-order valence-corrected chi connectivity index (χ1v) is 6.46. The van der Waals surface area contributed by atoms with Crippen molar-refractivity contribution in [3.8, 4) is 5.75 Å². The number of benzene rings is 2. The van der Waals surface area contributed by atoms with Crippen molar-refractivity contribution in [3.05, 3.63) is 65.5 Å². The molecular formula is C16H18FNO2. The minimum absolute atomic E-state index is 0.250. The van der Waals surface area contributed by atoms with E-state index in [2.05, 4.69) is 5.32 Å². The van der Waals surface area contributed by atoms with E-state index in [1.165, 1.54) is 12.1 Å². The van der Waals surface area contributed by atoms with Gasteiger partial charge in [-0.15, -0.1) is 0 Å². The highest BCUT2D eigenvalue weighted by atomic mass is 19.1. The van der Waals surface area contributed by atoms with E-state index in [0.29, 0.717) is 13.1 Å². The molecule has 0 aromatic heterocycles. The normalized spacial score (nSPS) is 12.2. The summed E-state index contributed by atoms with van der Waals surface area (Å²) in [5, 5.41) is 13.1.